The van der Waals surface area contributed by atoms with Gasteiger partial charge in [0.25, 0.3) is 0 Å². The van der Waals surface area contributed by atoms with E-state index in [9.17, 15) is 9.90 Å². The Hall–Kier alpha value is -1.59. The number of rotatable bonds is 5. The Morgan fingerprint density at radius 2 is 2.14 bits per heavy atom. The van der Waals surface area contributed by atoms with Gasteiger partial charge < -0.3 is 20.6 Å². The van der Waals surface area contributed by atoms with Crippen molar-refractivity contribution in [2.24, 2.45) is 5.92 Å². The quantitative estimate of drug-likeness (QED) is 0.779. The minimum Gasteiger partial charge on any atom is -0.389 e. The predicted octanol–water partition coefficient (Wildman–Crippen LogP) is 2.20. The number of aliphatic hydroxyl groups excluding tert-OH is 1. The third-order valence-corrected chi connectivity index (χ3v) is 4.02. The fraction of sp³-hybridized carbons (Fsp3) is 0.562. The molecule has 1 aromatic carbocycles. The number of carbonyl (C=O) groups excluding carboxylic acids is 1. The number of carbonyl (C=O) groups is 1. The molecule has 0 radical (unpaired) electrons. The van der Waals surface area contributed by atoms with Crippen LogP contribution in [0.1, 0.15) is 31.9 Å². The van der Waals surface area contributed by atoms with Crippen LogP contribution in [0.15, 0.2) is 24.3 Å². The van der Waals surface area contributed by atoms with Gasteiger partial charge in [0.15, 0.2) is 0 Å². The summed E-state index contributed by atoms with van der Waals surface area (Å²) in [5.74, 6) is 0.549. The molecule has 0 saturated carbocycles. The van der Waals surface area contributed by atoms with Gasteiger partial charge in [0.05, 0.1) is 6.10 Å². The van der Waals surface area contributed by atoms with E-state index in [-0.39, 0.29) is 6.03 Å². The number of urea groups is 1. The number of hydrogen-bond acceptors (Lipinski definition) is 3. The average molecular weight is 291 g/mol. The molecule has 5 heteroatoms. The van der Waals surface area contributed by atoms with Crippen molar-refractivity contribution in [1.29, 1.82) is 0 Å². The molecule has 0 aliphatic carbocycles. The van der Waals surface area contributed by atoms with Crippen molar-refractivity contribution in [3.05, 3.63) is 29.8 Å². The highest BCUT2D eigenvalue weighted by Gasteiger charge is 2.21. The molecule has 1 fully saturated rings. The van der Waals surface area contributed by atoms with Gasteiger partial charge in [-0.25, -0.2) is 4.79 Å². The van der Waals surface area contributed by atoms with E-state index in [1.807, 2.05) is 12.1 Å². The number of hydrogen-bond donors (Lipinski definition) is 3. The first-order valence-electron chi connectivity index (χ1n) is 7.63. The summed E-state index contributed by atoms with van der Waals surface area (Å²) in [5, 5.41) is 15.2. The molecule has 21 heavy (non-hydrogen) atoms. The molecule has 1 heterocycles. The van der Waals surface area contributed by atoms with E-state index < -0.39 is 6.10 Å². The number of anilines is 1. The molecule has 0 bridgehead atoms. The highest BCUT2D eigenvalue weighted by atomic mass is 16.3. The van der Waals surface area contributed by atoms with Crippen LogP contribution in [0.4, 0.5) is 10.5 Å². The lowest BCUT2D eigenvalue weighted by Gasteiger charge is -2.14. The molecule has 3 N–H and O–H groups in total. The molecule has 1 aromatic rings. The standard InChI is InChI=1S/C16H25N3O2/c1-3-19-9-8-13(11-19)10-17-16(21)18-15-6-4-14(5-7-15)12(2)20/h4-7,12-13,20H,3,8-11H2,1-2H3,(H2,17,18,21). The second-order valence-electron chi connectivity index (χ2n) is 5.68. The van der Waals surface area contributed by atoms with Crippen LogP contribution >= 0.6 is 0 Å². The summed E-state index contributed by atoms with van der Waals surface area (Å²) in [7, 11) is 0. The Bertz CT molecular complexity index is 459. The molecule has 1 saturated heterocycles. The van der Waals surface area contributed by atoms with Crippen molar-refractivity contribution in [3.8, 4) is 0 Å². The molecule has 116 valence electrons. The molecular formula is C16H25N3O2. The topological polar surface area (TPSA) is 64.6 Å². The lowest BCUT2D eigenvalue weighted by Crippen LogP contribution is -2.34. The zero-order chi connectivity index (χ0) is 15.2. The number of nitrogens with zero attached hydrogens (tertiary/aromatic N) is 1. The van der Waals surface area contributed by atoms with Gasteiger partial charge in [0.2, 0.25) is 0 Å². The molecule has 5 nitrogen and oxygen atoms in total. The van der Waals surface area contributed by atoms with E-state index >= 15 is 0 Å². The van der Waals surface area contributed by atoms with Crippen LogP contribution in [0.2, 0.25) is 0 Å². The fourth-order valence-electron chi connectivity index (χ4n) is 2.62. The van der Waals surface area contributed by atoms with Crippen LogP contribution in [-0.4, -0.2) is 42.2 Å². The van der Waals surface area contributed by atoms with Gasteiger partial charge in [0.1, 0.15) is 0 Å². The largest absolute Gasteiger partial charge is 0.389 e. The zero-order valence-electron chi connectivity index (χ0n) is 12.8. The second-order valence-corrected chi connectivity index (χ2v) is 5.68. The maximum Gasteiger partial charge on any atom is 0.319 e. The van der Waals surface area contributed by atoms with E-state index in [0.717, 1.165) is 37.3 Å². The Balaban J connectivity index is 1.74. The molecule has 1 aliphatic heterocycles. The summed E-state index contributed by atoms with van der Waals surface area (Å²) in [4.78, 5) is 14.3. The van der Waals surface area contributed by atoms with Crippen molar-refractivity contribution in [2.45, 2.75) is 26.4 Å². The van der Waals surface area contributed by atoms with Gasteiger partial charge in [-0.2, -0.15) is 0 Å². The van der Waals surface area contributed by atoms with Crippen LogP contribution in [0.3, 0.4) is 0 Å². The van der Waals surface area contributed by atoms with E-state index in [2.05, 4.69) is 22.5 Å². The molecule has 2 amide bonds. The minimum absolute atomic E-state index is 0.172. The first kappa shape index (κ1) is 15.8. The van der Waals surface area contributed by atoms with Gasteiger partial charge in [0, 0.05) is 18.8 Å². The normalized spacial score (nSPS) is 20.2. The van der Waals surface area contributed by atoms with Crippen molar-refractivity contribution < 1.29 is 9.90 Å². The molecule has 0 spiro atoms. The van der Waals surface area contributed by atoms with E-state index in [1.54, 1.807) is 19.1 Å². The van der Waals surface area contributed by atoms with Crippen LogP contribution < -0.4 is 10.6 Å². The summed E-state index contributed by atoms with van der Waals surface area (Å²) in [6, 6.07) is 7.06. The zero-order valence-corrected chi connectivity index (χ0v) is 12.8. The first-order chi connectivity index (χ1) is 10.1. The van der Waals surface area contributed by atoms with Crippen molar-refractivity contribution >= 4 is 11.7 Å². The lowest BCUT2D eigenvalue weighted by atomic mass is 10.1. The molecule has 2 rings (SSSR count). The van der Waals surface area contributed by atoms with Gasteiger partial charge in [-0.15, -0.1) is 0 Å². The maximum atomic E-state index is 11.9. The number of aliphatic hydroxyl groups is 1. The molecule has 2 atom stereocenters. The summed E-state index contributed by atoms with van der Waals surface area (Å²) < 4.78 is 0. The Kier molecular flexibility index (Phi) is 5.59. The van der Waals surface area contributed by atoms with Crippen LogP contribution in [-0.2, 0) is 0 Å². The van der Waals surface area contributed by atoms with Crippen LogP contribution in [0.5, 0.6) is 0 Å². The molecule has 1 aliphatic rings. The highest BCUT2D eigenvalue weighted by Crippen LogP contribution is 2.16. The van der Waals surface area contributed by atoms with Crippen molar-refractivity contribution in [2.75, 3.05) is 31.5 Å². The third-order valence-electron chi connectivity index (χ3n) is 4.02. The fourth-order valence-corrected chi connectivity index (χ4v) is 2.62. The smallest absolute Gasteiger partial charge is 0.319 e. The average Bonchev–Trinajstić information content (AvgIpc) is 2.94. The molecule has 0 aromatic heterocycles. The third kappa shape index (κ3) is 4.72. The van der Waals surface area contributed by atoms with Crippen LogP contribution in [0.25, 0.3) is 0 Å². The SMILES string of the molecule is CCN1CCC(CNC(=O)Nc2ccc(C(C)O)cc2)C1. The van der Waals surface area contributed by atoms with Crippen LogP contribution in [0, 0.1) is 5.92 Å². The summed E-state index contributed by atoms with van der Waals surface area (Å²) in [6.07, 6.45) is 0.661. The number of benzene rings is 1. The number of likely N-dealkylation sites (tertiary alicyclic amines) is 1. The summed E-state index contributed by atoms with van der Waals surface area (Å²) in [5.41, 5.74) is 1.57. The first-order valence-corrected chi connectivity index (χ1v) is 7.63. The van der Waals surface area contributed by atoms with Crippen molar-refractivity contribution in [3.63, 3.8) is 0 Å². The Labute approximate surface area is 126 Å². The lowest BCUT2D eigenvalue weighted by molar-refractivity contribution is 0.199. The molecule has 2 unspecified atom stereocenters. The number of amides is 2. The van der Waals surface area contributed by atoms with E-state index in [1.165, 1.54) is 0 Å². The Morgan fingerprint density at radius 1 is 1.43 bits per heavy atom. The van der Waals surface area contributed by atoms with E-state index in [0.29, 0.717) is 12.5 Å². The monoisotopic (exact) mass is 291 g/mol. The Morgan fingerprint density at radius 3 is 2.71 bits per heavy atom. The predicted molar refractivity (Wildman–Crippen MR) is 84.3 cm³/mol. The van der Waals surface area contributed by atoms with Gasteiger partial charge in [-0.05, 0) is 50.0 Å². The molecular weight excluding hydrogens is 266 g/mol. The van der Waals surface area contributed by atoms with E-state index in [4.69, 9.17) is 0 Å². The van der Waals surface area contributed by atoms with Gasteiger partial charge in [-0.3, -0.25) is 0 Å². The van der Waals surface area contributed by atoms with Gasteiger partial charge in [-0.1, -0.05) is 19.1 Å². The second kappa shape index (κ2) is 7.43. The summed E-state index contributed by atoms with van der Waals surface area (Å²) in [6.45, 7) is 7.88. The number of nitrogens with one attached hydrogen (secondary N) is 2. The van der Waals surface area contributed by atoms with Gasteiger partial charge >= 0.3 is 6.03 Å². The highest BCUT2D eigenvalue weighted by molar-refractivity contribution is 5.89. The summed E-state index contributed by atoms with van der Waals surface area (Å²) >= 11 is 0. The maximum absolute atomic E-state index is 11.9. The minimum atomic E-state index is -0.489. The van der Waals surface area contributed by atoms with Crippen molar-refractivity contribution in [1.82, 2.24) is 10.2 Å².